The van der Waals surface area contributed by atoms with E-state index in [0.717, 1.165) is 12.8 Å². The molecule has 28 heavy (non-hydrogen) atoms. The molecule has 8 nitrogen and oxygen atoms in total. The van der Waals surface area contributed by atoms with Gasteiger partial charge in [0.1, 0.15) is 11.4 Å². The minimum atomic E-state index is -0.500. The second-order valence-electron chi connectivity index (χ2n) is 6.19. The summed E-state index contributed by atoms with van der Waals surface area (Å²) in [7, 11) is 0. The summed E-state index contributed by atoms with van der Waals surface area (Å²) >= 11 is 5.29. The molecule has 3 rings (SSSR count). The molecule has 2 heterocycles. The van der Waals surface area contributed by atoms with Gasteiger partial charge in [0.2, 0.25) is 0 Å². The molecule has 1 aliphatic heterocycles. The van der Waals surface area contributed by atoms with Crippen molar-refractivity contribution in [1.29, 1.82) is 0 Å². The van der Waals surface area contributed by atoms with Crippen LogP contribution in [0.2, 0.25) is 0 Å². The third-order valence-corrected chi connectivity index (χ3v) is 4.53. The van der Waals surface area contributed by atoms with Crippen molar-refractivity contribution in [3.8, 4) is 0 Å². The molecule has 1 saturated heterocycles. The van der Waals surface area contributed by atoms with E-state index >= 15 is 0 Å². The molecule has 1 aliphatic rings. The molecule has 0 saturated carbocycles. The van der Waals surface area contributed by atoms with E-state index in [0.29, 0.717) is 24.6 Å². The Bertz CT molecular complexity index is 847. The van der Waals surface area contributed by atoms with Crippen LogP contribution in [0, 0.1) is 0 Å². The average Bonchev–Trinajstić information content (AvgIpc) is 3.13. The van der Waals surface area contributed by atoms with Crippen molar-refractivity contribution >= 4 is 35.0 Å². The fourth-order valence-electron chi connectivity index (χ4n) is 2.96. The van der Waals surface area contributed by atoms with Crippen LogP contribution in [0.5, 0.6) is 0 Å². The Morgan fingerprint density at radius 1 is 1.29 bits per heavy atom. The second-order valence-corrected chi connectivity index (χ2v) is 6.60. The van der Waals surface area contributed by atoms with E-state index < -0.39 is 5.97 Å². The lowest BCUT2D eigenvalue weighted by Gasteiger charge is -2.24. The zero-order chi connectivity index (χ0) is 19.9. The third-order valence-electron chi connectivity index (χ3n) is 4.32. The lowest BCUT2D eigenvalue weighted by atomic mass is 10.1. The molecule has 0 aliphatic carbocycles. The maximum atomic E-state index is 12.3. The van der Waals surface area contributed by atoms with Crippen molar-refractivity contribution in [1.82, 2.24) is 15.1 Å². The van der Waals surface area contributed by atoms with Crippen molar-refractivity contribution in [2.45, 2.75) is 25.8 Å². The topological polar surface area (TPSA) is 94.5 Å². The van der Waals surface area contributed by atoms with Crippen LogP contribution in [0.4, 0.5) is 5.82 Å². The number of thiocarbonyl (C=S) groups is 1. The van der Waals surface area contributed by atoms with Crippen LogP contribution in [0.15, 0.2) is 36.5 Å². The lowest BCUT2D eigenvalue weighted by molar-refractivity contribution is 0.0527. The molecule has 0 unspecified atom stereocenters. The molecule has 2 N–H and O–H groups in total. The van der Waals surface area contributed by atoms with Gasteiger partial charge in [-0.3, -0.25) is 10.1 Å². The summed E-state index contributed by atoms with van der Waals surface area (Å²) < 4.78 is 12.2. The SMILES string of the molecule is CCOC(=O)c1cnn(C2CCOCC2)c1NC(=S)NC(=O)c1ccccc1. The van der Waals surface area contributed by atoms with Crippen LogP contribution in [0.3, 0.4) is 0 Å². The first kappa shape index (κ1) is 20.0. The van der Waals surface area contributed by atoms with Crippen molar-refractivity contribution in [3.05, 3.63) is 47.7 Å². The van der Waals surface area contributed by atoms with E-state index in [1.807, 2.05) is 6.07 Å². The minimum Gasteiger partial charge on any atom is -0.462 e. The second kappa shape index (κ2) is 9.43. The zero-order valence-electron chi connectivity index (χ0n) is 15.5. The first-order valence-corrected chi connectivity index (χ1v) is 9.50. The molecule has 1 fully saturated rings. The molecule has 9 heteroatoms. The van der Waals surface area contributed by atoms with E-state index in [1.54, 1.807) is 35.9 Å². The molecular formula is C19H22N4O4S. The average molecular weight is 402 g/mol. The fourth-order valence-corrected chi connectivity index (χ4v) is 3.14. The molecular weight excluding hydrogens is 380 g/mol. The number of esters is 1. The number of rotatable bonds is 5. The summed E-state index contributed by atoms with van der Waals surface area (Å²) in [6.45, 7) is 3.22. The van der Waals surface area contributed by atoms with Crippen molar-refractivity contribution < 1.29 is 19.1 Å². The molecule has 1 aromatic carbocycles. The van der Waals surface area contributed by atoms with Gasteiger partial charge in [-0.05, 0) is 44.1 Å². The van der Waals surface area contributed by atoms with Crippen LogP contribution < -0.4 is 10.6 Å². The highest BCUT2D eigenvalue weighted by Gasteiger charge is 2.25. The van der Waals surface area contributed by atoms with Crippen LogP contribution in [0.1, 0.15) is 46.5 Å². The summed E-state index contributed by atoms with van der Waals surface area (Å²) in [4.78, 5) is 24.6. The minimum absolute atomic E-state index is 0.0621. The first-order valence-electron chi connectivity index (χ1n) is 9.10. The van der Waals surface area contributed by atoms with Gasteiger partial charge in [-0.2, -0.15) is 5.10 Å². The molecule has 0 bridgehead atoms. The maximum absolute atomic E-state index is 12.3. The summed E-state index contributed by atoms with van der Waals surface area (Å²) in [5.74, 6) is -0.433. The summed E-state index contributed by atoms with van der Waals surface area (Å²) in [5, 5.41) is 10.0. The molecule has 0 atom stereocenters. The van der Waals surface area contributed by atoms with Crippen LogP contribution in [0.25, 0.3) is 0 Å². The normalized spacial score (nSPS) is 14.3. The van der Waals surface area contributed by atoms with Gasteiger partial charge >= 0.3 is 5.97 Å². The number of carbonyl (C=O) groups is 2. The third kappa shape index (κ3) is 4.73. The van der Waals surface area contributed by atoms with Gasteiger partial charge in [-0.1, -0.05) is 18.2 Å². The quantitative estimate of drug-likeness (QED) is 0.586. The van der Waals surface area contributed by atoms with E-state index in [1.165, 1.54) is 6.20 Å². The lowest BCUT2D eigenvalue weighted by Crippen LogP contribution is -2.35. The molecule has 1 amide bonds. The van der Waals surface area contributed by atoms with Gasteiger partial charge in [0.15, 0.2) is 5.11 Å². The van der Waals surface area contributed by atoms with Crippen LogP contribution >= 0.6 is 12.2 Å². The van der Waals surface area contributed by atoms with Gasteiger partial charge in [-0.25, -0.2) is 9.48 Å². The van der Waals surface area contributed by atoms with E-state index in [9.17, 15) is 9.59 Å². The predicted molar refractivity (Wildman–Crippen MR) is 107 cm³/mol. The Morgan fingerprint density at radius 3 is 2.68 bits per heavy atom. The number of ether oxygens (including phenoxy) is 2. The smallest absolute Gasteiger partial charge is 0.343 e. The Balaban J connectivity index is 1.79. The number of anilines is 1. The Kier molecular flexibility index (Phi) is 6.72. The highest BCUT2D eigenvalue weighted by atomic mass is 32.1. The molecule has 0 spiro atoms. The molecule has 1 aromatic heterocycles. The molecule has 2 aromatic rings. The van der Waals surface area contributed by atoms with Crippen LogP contribution in [-0.4, -0.2) is 46.6 Å². The standard InChI is InChI=1S/C19H22N4O4S/c1-2-27-18(25)15-12-20-23(14-8-10-26-11-9-14)16(15)21-19(28)22-17(24)13-6-4-3-5-7-13/h3-7,12,14H,2,8-11H2,1H3,(H2,21,22,24,28). The Labute approximate surface area is 168 Å². The van der Waals surface area contributed by atoms with E-state index in [4.69, 9.17) is 21.7 Å². The molecule has 0 radical (unpaired) electrons. The van der Waals surface area contributed by atoms with Gasteiger partial charge in [0.25, 0.3) is 5.91 Å². The Hall–Kier alpha value is -2.78. The zero-order valence-corrected chi connectivity index (χ0v) is 16.3. The van der Waals surface area contributed by atoms with E-state index in [2.05, 4.69) is 15.7 Å². The van der Waals surface area contributed by atoms with E-state index in [-0.39, 0.29) is 29.2 Å². The van der Waals surface area contributed by atoms with Crippen LogP contribution in [-0.2, 0) is 9.47 Å². The number of amides is 1. The number of aromatic nitrogens is 2. The van der Waals surface area contributed by atoms with Gasteiger partial charge < -0.3 is 14.8 Å². The number of benzene rings is 1. The largest absolute Gasteiger partial charge is 0.462 e. The van der Waals surface area contributed by atoms with Crippen molar-refractivity contribution in [2.75, 3.05) is 25.1 Å². The maximum Gasteiger partial charge on any atom is 0.343 e. The fraction of sp³-hybridized carbons (Fsp3) is 0.368. The number of carbonyl (C=O) groups excluding carboxylic acids is 2. The highest BCUT2D eigenvalue weighted by Crippen LogP contribution is 2.27. The van der Waals surface area contributed by atoms with Gasteiger partial charge in [-0.15, -0.1) is 0 Å². The summed E-state index contributed by atoms with van der Waals surface area (Å²) in [5.41, 5.74) is 0.750. The van der Waals surface area contributed by atoms with Crippen molar-refractivity contribution in [2.24, 2.45) is 0 Å². The number of nitrogens with zero attached hydrogens (tertiary/aromatic N) is 2. The highest BCUT2D eigenvalue weighted by molar-refractivity contribution is 7.80. The molecule has 148 valence electrons. The predicted octanol–water partition coefficient (Wildman–Crippen LogP) is 2.54. The summed E-state index contributed by atoms with van der Waals surface area (Å²) in [6, 6.07) is 8.80. The summed E-state index contributed by atoms with van der Waals surface area (Å²) in [6.07, 6.45) is 2.99. The van der Waals surface area contributed by atoms with Crippen molar-refractivity contribution in [3.63, 3.8) is 0 Å². The number of hydrogen-bond acceptors (Lipinski definition) is 6. The first-order chi connectivity index (χ1) is 13.6. The monoisotopic (exact) mass is 402 g/mol. The Morgan fingerprint density at radius 2 is 2.00 bits per heavy atom. The number of hydrogen-bond donors (Lipinski definition) is 2. The number of nitrogens with one attached hydrogen (secondary N) is 2. The van der Waals surface area contributed by atoms with Gasteiger partial charge in [0, 0.05) is 18.8 Å². The van der Waals surface area contributed by atoms with Gasteiger partial charge in [0.05, 0.1) is 18.8 Å².